The summed E-state index contributed by atoms with van der Waals surface area (Å²) in [5, 5.41) is 3.21. The molecule has 118 valence electrons. The molecule has 6 heteroatoms. The summed E-state index contributed by atoms with van der Waals surface area (Å²) < 4.78 is 0. The first-order chi connectivity index (χ1) is 10.2. The van der Waals surface area contributed by atoms with E-state index in [0.29, 0.717) is 25.0 Å². The molecule has 0 radical (unpaired) electrons. The van der Waals surface area contributed by atoms with Crippen LogP contribution in [0.4, 0.5) is 0 Å². The van der Waals surface area contributed by atoms with Gasteiger partial charge in [0.15, 0.2) is 0 Å². The normalized spacial score (nSPS) is 30.9. The van der Waals surface area contributed by atoms with Crippen LogP contribution >= 0.6 is 0 Å². The van der Waals surface area contributed by atoms with Crippen LogP contribution in [0.1, 0.15) is 19.3 Å². The van der Waals surface area contributed by atoms with Crippen molar-refractivity contribution in [1.29, 1.82) is 0 Å². The molecule has 0 aromatic rings. The Kier molecular flexibility index (Phi) is 4.45. The average Bonchev–Trinajstić information content (AvgIpc) is 2.54. The van der Waals surface area contributed by atoms with E-state index in [1.165, 1.54) is 12.8 Å². The summed E-state index contributed by atoms with van der Waals surface area (Å²) in [5.74, 6) is -0.0556. The third kappa shape index (κ3) is 3.06. The summed E-state index contributed by atoms with van der Waals surface area (Å²) in [5.41, 5.74) is 0. The molecule has 0 aromatic carbocycles. The summed E-state index contributed by atoms with van der Waals surface area (Å²) in [6.07, 6.45) is 3.38. The van der Waals surface area contributed by atoms with E-state index in [4.69, 9.17) is 0 Å². The van der Waals surface area contributed by atoms with Gasteiger partial charge in [-0.05, 0) is 38.8 Å². The summed E-state index contributed by atoms with van der Waals surface area (Å²) in [6, 6.07) is 0.595. The van der Waals surface area contributed by atoms with Gasteiger partial charge in [0.2, 0.25) is 0 Å². The molecular formula is C15H26N4O2. The second kappa shape index (κ2) is 6.32. The summed E-state index contributed by atoms with van der Waals surface area (Å²) in [6.45, 7) is 5.51. The topological polar surface area (TPSA) is 55.9 Å². The Balaban J connectivity index is 1.59. The highest BCUT2D eigenvalue weighted by Gasteiger charge is 2.38. The number of carbonyl (C=O) groups excluding carboxylic acids is 2. The van der Waals surface area contributed by atoms with Gasteiger partial charge in [0, 0.05) is 45.3 Å². The van der Waals surface area contributed by atoms with E-state index in [-0.39, 0.29) is 11.8 Å². The predicted octanol–water partition coefficient (Wildman–Crippen LogP) is -0.639. The Labute approximate surface area is 126 Å². The molecule has 3 aliphatic heterocycles. The SMILES string of the molecule is CN1CCCC2CN(C(=O)C(=O)N3CCNCC3)CCC21. The second-order valence-corrected chi connectivity index (χ2v) is 6.53. The number of nitrogens with zero attached hydrogens (tertiary/aromatic N) is 3. The highest BCUT2D eigenvalue weighted by Crippen LogP contribution is 2.29. The highest BCUT2D eigenvalue weighted by atomic mass is 16.2. The molecule has 3 saturated heterocycles. The zero-order chi connectivity index (χ0) is 14.8. The summed E-state index contributed by atoms with van der Waals surface area (Å²) >= 11 is 0. The standard InChI is InChI=1S/C15H26N4O2/c1-17-7-2-3-12-11-19(8-4-13(12)17)15(21)14(20)18-9-5-16-6-10-18/h12-13,16H,2-11H2,1H3. The van der Waals surface area contributed by atoms with Crippen molar-refractivity contribution in [3.05, 3.63) is 0 Å². The van der Waals surface area contributed by atoms with Crippen LogP contribution in [0, 0.1) is 5.92 Å². The maximum Gasteiger partial charge on any atom is 0.312 e. The van der Waals surface area contributed by atoms with Crippen LogP contribution in [0.25, 0.3) is 0 Å². The molecule has 21 heavy (non-hydrogen) atoms. The number of piperidine rings is 2. The first-order valence-corrected chi connectivity index (χ1v) is 8.16. The van der Waals surface area contributed by atoms with E-state index in [2.05, 4.69) is 17.3 Å². The second-order valence-electron chi connectivity index (χ2n) is 6.53. The van der Waals surface area contributed by atoms with Crippen molar-refractivity contribution in [2.75, 3.05) is 52.9 Å². The fourth-order valence-electron chi connectivity index (χ4n) is 3.98. The Hall–Kier alpha value is -1.14. The van der Waals surface area contributed by atoms with Crippen LogP contribution in [0.5, 0.6) is 0 Å². The number of likely N-dealkylation sites (tertiary alicyclic amines) is 2. The fraction of sp³-hybridized carbons (Fsp3) is 0.867. The largest absolute Gasteiger partial charge is 0.334 e. The molecule has 1 N–H and O–H groups in total. The minimum Gasteiger partial charge on any atom is -0.334 e. The van der Waals surface area contributed by atoms with Gasteiger partial charge in [0.25, 0.3) is 0 Å². The molecule has 3 rings (SSSR count). The first kappa shape index (κ1) is 14.8. The lowest BCUT2D eigenvalue weighted by atomic mass is 9.84. The number of fused-ring (bicyclic) bond motifs is 1. The van der Waals surface area contributed by atoms with Gasteiger partial charge in [-0.3, -0.25) is 9.59 Å². The van der Waals surface area contributed by atoms with Crippen LogP contribution in [0.3, 0.4) is 0 Å². The van der Waals surface area contributed by atoms with Gasteiger partial charge in [-0.25, -0.2) is 0 Å². The molecule has 0 bridgehead atoms. The minimum atomic E-state index is -0.306. The van der Waals surface area contributed by atoms with Crippen LogP contribution in [0.2, 0.25) is 0 Å². The number of amides is 2. The van der Waals surface area contributed by atoms with E-state index < -0.39 is 0 Å². The Morgan fingerprint density at radius 3 is 2.43 bits per heavy atom. The number of piperazine rings is 1. The monoisotopic (exact) mass is 294 g/mol. The molecule has 0 saturated carbocycles. The van der Waals surface area contributed by atoms with Gasteiger partial charge in [-0.15, -0.1) is 0 Å². The predicted molar refractivity (Wildman–Crippen MR) is 79.8 cm³/mol. The maximum absolute atomic E-state index is 12.5. The molecule has 0 spiro atoms. The number of hydrogen-bond donors (Lipinski definition) is 1. The molecule has 2 unspecified atom stereocenters. The van der Waals surface area contributed by atoms with Crippen molar-refractivity contribution in [2.24, 2.45) is 5.92 Å². The smallest absolute Gasteiger partial charge is 0.312 e. The maximum atomic E-state index is 12.5. The number of rotatable bonds is 0. The van der Waals surface area contributed by atoms with E-state index in [9.17, 15) is 9.59 Å². The van der Waals surface area contributed by atoms with E-state index in [0.717, 1.165) is 39.1 Å². The third-order valence-corrected chi connectivity index (χ3v) is 5.22. The number of hydrogen-bond acceptors (Lipinski definition) is 4. The van der Waals surface area contributed by atoms with E-state index in [1.807, 2.05) is 0 Å². The van der Waals surface area contributed by atoms with Crippen molar-refractivity contribution in [3.63, 3.8) is 0 Å². The van der Waals surface area contributed by atoms with E-state index >= 15 is 0 Å². The van der Waals surface area contributed by atoms with Gasteiger partial charge in [-0.2, -0.15) is 0 Å². The van der Waals surface area contributed by atoms with Crippen molar-refractivity contribution < 1.29 is 9.59 Å². The Bertz CT molecular complexity index is 408. The van der Waals surface area contributed by atoms with Gasteiger partial charge < -0.3 is 20.0 Å². The van der Waals surface area contributed by atoms with Crippen LogP contribution in [-0.4, -0.2) is 85.4 Å². The number of nitrogens with one attached hydrogen (secondary N) is 1. The van der Waals surface area contributed by atoms with Gasteiger partial charge in [0.1, 0.15) is 0 Å². The lowest BCUT2D eigenvalue weighted by Crippen LogP contribution is -2.57. The highest BCUT2D eigenvalue weighted by molar-refractivity contribution is 6.34. The molecule has 3 aliphatic rings. The molecule has 0 aliphatic carbocycles. The van der Waals surface area contributed by atoms with Crippen LogP contribution in [-0.2, 0) is 9.59 Å². The lowest BCUT2D eigenvalue weighted by molar-refractivity contribution is -0.154. The van der Waals surface area contributed by atoms with Crippen molar-refractivity contribution in [1.82, 2.24) is 20.0 Å². The quantitative estimate of drug-likeness (QED) is 0.604. The number of carbonyl (C=O) groups is 2. The van der Waals surface area contributed by atoms with Crippen molar-refractivity contribution in [2.45, 2.75) is 25.3 Å². The zero-order valence-electron chi connectivity index (χ0n) is 12.9. The fourth-order valence-corrected chi connectivity index (χ4v) is 3.98. The molecule has 6 nitrogen and oxygen atoms in total. The van der Waals surface area contributed by atoms with Gasteiger partial charge in [-0.1, -0.05) is 0 Å². The van der Waals surface area contributed by atoms with Crippen molar-refractivity contribution >= 4 is 11.8 Å². The van der Waals surface area contributed by atoms with Crippen LogP contribution < -0.4 is 5.32 Å². The zero-order valence-corrected chi connectivity index (χ0v) is 12.9. The van der Waals surface area contributed by atoms with E-state index in [1.54, 1.807) is 9.80 Å². The van der Waals surface area contributed by atoms with Crippen molar-refractivity contribution in [3.8, 4) is 0 Å². The molecule has 3 fully saturated rings. The average molecular weight is 294 g/mol. The van der Waals surface area contributed by atoms with Crippen LogP contribution in [0.15, 0.2) is 0 Å². The lowest BCUT2D eigenvalue weighted by Gasteiger charge is -2.46. The molecule has 3 heterocycles. The first-order valence-electron chi connectivity index (χ1n) is 8.16. The Morgan fingerprint density at radius 1 is 0.952 bits per heavy atom. The molecule has 2 atom stereocenters. The third-order valence-electron chi connectivity index (χ3n) is 5.22. The summed E-state index contributed by atoms with van der Waals surface area (Å²) in [4.78, 5) is 30.7. The molecule has 2 amide bonds. The Morgan fingerprint density at radius 2 is 1.67 bits per heavy atom. The summed E-state index contributed by atoms with van der Waals surface area (Å²) in [7, 11) is 2.18. The van der Waals surface area contributed by atoms with Gasteiger partial charge >= 0.3 is 11.8 Å². The molecule has 0 aromatic heterocycles. The molecular weight excluding hydrogens is 268 g/mol. The van der Waals surface area contributed by atoms with Gasteiger partial charge in [0.05, 0.1) is 0 Å². The minimum absolute atomic E-state index is 0.288.